The fourth-order valence-electron chi connectivity index (χ4n) is 3.84. The highest BCUT2D eigenvalue weighted by molar-refractivity contribution is 5.89. The maximum Gasteiger partial charge on any atom is 0.224 e. The lowest BCUT2D eigenvalue weighted by atomic mass is 9.91. The van der Waals surface area contributed by atoms with E-state index in [0.29, 0.717) is 11.7 Å². The summed E-state index contributed by atoms with van der Waals surface area (Å²) in [6.07, 6.45) is 3.61. The molecular formula is C20H29N5O. The van der Waals surface area contributed by atoms with Crippen molar-refractivity contribution in [3.8, 4) is 0 Å². The average molecular weight is 355 g/mol. The highest BCUT2D eigenvalue weighted by Crippen LogP contribution is 2.23. The quantitative estimate of drug-likeness (QED) is 0.896. The monoisotopic (exact) mass is 355 g/mol. The van der Waals surface area contributed by atoms with Crippen molar-refractivity contribution >= 4 is 11.7 Å². The van der Waals surface area contributed by atoms with E-state index in [1.165, 1.54) is 18.4 Å². The number of hydrogen-bond donors (Lipinski definition) is 1. The lowest BCUT2D eigenvalue weighted by molar-refractivity contribution is -0.116. The van der Waals surface area contributed by atoms with Crippen LogP contribution in [0, 0.1) is 19.8 Å². The molecular weight excluding hydrogens is 326 g/mol. The van der Waals surface area contributed by atoms with Crippen LogP contribution in [0.25, 0.3) is 0 Å². The molecule has 0 aliphatic carbocycles. The van der Waals surface area contributed by atoms with Crippen LogP contribution in [0.2, 0.25) is 0 Å². The second-order valence-corrected chi connectivity index (χ2v) is 7.54. The molecule has 1 fully saturated rings. The van der Waals surface area contributed by atoms with Gasteiger partial charge in [-0.25, -0.2) is 0 Å². The number of anilines is 1. The van der Waals surface area contributed by atoms with Crippen molar-refractivity contribution in [2.75, 3.05) is 25.0 Å². The van der Waals surface area contributed by atoms with Gasteiger partial charge in [0.05, 0.1) is 5.69 Å². The van der Waals surface area contributed by atoms with Gasteiger partial charge in [-0.3, -0.25) is 24.7 Å². The first kappa shape index (κ1) is 18.6. The molecule has 1 aliphatic heterocycles. The standard InChI is InChI=1S/C20H29N5O/c1-14-8-18(9-15(2)21-14)10-17-6-5-7-25(12-17)13-19-11-20(23-22-19)24(4)16(3)26/h8-9,11,17H,5-7,10,12-13H2,1-4H3,(H,22,23)/t17-/m1/s1. The van der Waals surface area contributed by atoms with Gasteiger partial charge in [-0.2, -0.15) is 5.10 Å². The Labute approximate surface area is 155 Å². The zero-order valence-electron chi connectivity index (χ0n) is 16.2. The van der Waals surface area contributed by atoms with Crippen molar-refractivity contribution in [3.63, 3.8) is 0 Å². The molecule has 6 nitrogen and oxygen atoms in total. The lowest BCUT2D eigenvalue weighted by Crippen LogP contribution is -2.35. The van der Waals surface area contributed by atoms with E-state index in [-0.39, 0.29) is 5.91 Å². The predicted octanol–water partition coefficient (Wildman–Crippen LogP) is 2.86. The van der Waals surface area contributed by atoms with E-state index in [4.69, 9.17) is 0 Å². The Balaban J connectivity index is 1.59. The van der Waals surface area contributed by atoms with Crippen LogP contribution in [0.5, 0.6) is 0 Å². The molecule has 3 heterocycles. The van der Waals surface area contributed by atoms with Crippen LogP contribution >= 0.6 is 0 Å². The summed E-state index contributed by atoms with van der Waals surface area (Å²) in [6.45, 7) is 8.74. The largest absolute Gasteiger partial charge is 0.299 e. The van der Waals surface area contributed by atoms with E-state index in [1.807, 2.05) is 6.07 Å². The number of likely N-dealkylation sites (tertiary alicyclic amines) is 1. The Morgan fingerprint density at radius 3 is 2.73 bits per heavy atom. The number of carbonyl (C=O) groups is 1. The Bertz CT molecular complexity index is 749. The zero-order chi connectivity index (χ0) is 18.7. The van der Waals surface area contributed by atoms with Crippen LogP contribution in [0.15, 0.2) is 18.2 Å². The molecule has 0 radical (unpaired) electrons. The average Bonchev–Trinajstić information content (AvgIpc) is 3.01. The van der Waals surface area contributed by atoms with E-state index < -0.39 is 0 Å². The molecule has 0 bridgehead atoms. The number of nitrogens with one attached hydrogen (secondary N) is 1. The number of aromatic nitrogens is 3. The molecule has 1 saturated heterocycles. The summed E-state index contributed by atoms with van der Waals surface area (Å²) in [7, 11) is 1.75. The number of nitrogens with zero attached hydrogens (tertiary/aromatic N) is 4. The minimum absolute atomic E-state index is 0.0102. The van der Waals surface area contributed by atoms with Gasteiger partial charge in [0.1, 0.15) is 0 Å². The second-order valence-electron chi connectivity index (χ2n) is 7.54. The number of aromatic amines is 1. The van der Waals surface area contributed by atoms with Crippen LogP contribution in [0.4, 0.5) is 5.82 Å². The van der Waals surface area contributed by atoms with Crippen molar-refractivity contribution in [3.05, 3.63) is 40.8 Å². The Kier molecular flexibility index (Phi) is 5.71. The van der Waals surface area contributed by atoms with Gasteiger partial charge >= 0.3 is 0 Å². The first-order valence-corrected chi connectivity index (χ1v) is 9.36. The van der Waals surface area contributed by atoms with Crippen LogP contribution in [0.1, 0.15) is 42.4 Å². The van der Waals surface area contributed by atoms with Gasteiger partial charge in [-0.15, -0.1) is 0 Å². The molecule has 0 unspecified atom stereocenters. The summed E-state index contributed by atoms with van der Waals surface area (Å²) in [5.74, 6) is 1.35. The highest BCUT2D eigenvalue weighted by atomic mass is 16.2. The van der Waals surface area contributed by atoms with Crippen molar-refractivity contribution < 1.29 is 4.79 Å². The molecule has 2 aromatic heterocycles. The fraction of sp³-hybridized carbons (Fsp3) is 0.550. The molecule has 0 aromatic carbocycles. The van der Waals surface area contributed by atoms with E-state index in [9.17, 15) is 4.79 Å². The topological polar surface area (TPSA) is 65.1 Å². The number of rotatable bonds is 5. The van der Waals surface area contributed by atoms with Gasteiger partial charge in [0.2, 0.25) is 5.91 Å². The molecule has 1 N–H and O–H groups in total. The number of piperidine rings is 1. The number of carbonyl (C=O) groups excluding carboxylic acids is 1. The molecule has 26 heavy (non-hydrogen) atoms. The van der Waals surface area contributed by atoms with Crippen molar-refractivity contribution in [1.29, 1.82) is 0 Å². The molecule has 140 valence electrons. The van der Waals surface area contributed by atoms with Gasteiger partial charge < -0.3 is 0 Å². The third-order valence-corrected chi connectivity index (χ3v) is 5.10. The first-order valence-electron chi connectivity index (χ1n) is 9.36. The molecule has 1 atom stereocenters. The van der Waals surface area contributed by atoms with Gasteiger partial charge in [-0.1, -0.05) is 0 Å². The van der Waals surface area contributed by atoms with Crippen molar-refractivity contribution in [2.24, 2.45) is 5.92 Å². The Morgan fingerprint density at radius 1 is 1.31 bits per heavy atom. The molecule has 3 rings (SSSR count). The van der Waals surface area contributed by atoms with E-state index >= 15 is 0 Å². The van der Waals surface area contributed by atoms with Gasteiger partial charge in [0.15, 0.2) is 5.82 Å². The molecule has 1 amide bonds. The van der Waals surface area contributed by atoms with Gasteiger partial charge in [0.25, 0.3) is 0 Å². The van der Waals surface area contributed by atoms with E-state index in [1.54, 1.807) is 18.9 Å². The number of amides is 1. The minimum atomic E-state index is -0.0102. The summed E-state index contributed by atoms with van der Waals surface area (Å²) in [5, 5.41) is 7.33. The highest BCUT2D eigenvalue weighted by Gasteiger charge is 2.21. The molecule has 1 aliphatic rings. The Morgan fingerprint density at radius 2 is 2.04 bits per heavy atom. The normalized spacial score (nSPS) is 18.1. The van der Waals surface area contributed by atoms with Gasteiger partial charge in [0, 0.05) is 44.5 Å². The second kappa shape index (κ2) is 7.99. The SMILES string of the molecule is CC(=O)N(C)c1cc(CN2CCC[C@H](Cc3cc(C)nc(C)c3)C2)[nH]n1. The van der Waals surface area contributed by atoms with Crippen molar-refractivity contribution in [1.82, 2.24) is 20.1 Å². The van der Waals surface area contributed by atoms with E-state index in [0.717, 1.165) is 43.1 Å². The molecule has 0 saturated carbocycles. The third kappa shape index (κ3) is 4.69. The van der Waals surface area contributed by atoms with Crippen LogP contribution in [-0.4, -0.2) is 46.1 Å². The molecule has 0 spiro atoms. The molecule has 6 heteroatoms. The van der Waals surface area contributed by atoms with E-state index in [2.05, 4.69) is 46.1 Å². The smallest absolute Gasteiger partial charge is 0.224 e. The Hall–Kier alpha value is -2.21. The maximum absolute atomic E-state index is 11.5. The summed E-state index contributed by atoms with van der Waals surface area (Å²) in [4.78, 5) is 20.0. The first-order chi connectivity index (χ1) is 12.4. The maximum atomic E-state index is 11.5. The van der Waals surface area contributed by atoms with Crippen LogP contribution in [0.3, 0.4) is 0 Å². The third-order valence-electron chi connectivity index (χ3n) is 5.10. The fourth-order valence-corrected chi connectivity index (χ4v) is 3.84. The lowest BCUT2D eigenvalue weighted by Gasteiger charge is -2.32. The predicted molar refractivity (Wildman–Crippen MR) is 103 cm³/mol. The molecule has 2 aromatic rings. The van der Waals surface area contributed by atoms with Crippen molar-refractivity contribution in [2.45, 2.75) is 46.6 Å². The minimum Gasteiger partial charge on any atom is -0.299 e. The summed E-state index contributed by atoms with van der Waals surface area (Å²) in [6, 6.07) is 6.40. The van der Waals surface area contributed by atoms with Crippen LogP contribution in [-0.2, 0) is 17.8 Å². The number of hydrogen-bond acceptors (Lipinski definition) is 4. The number of pyridine rings is 1. The number of aryl methyl sites for hydroxylation is 2. The zero-order valence-corrected chi connectivity index (χ0v) is 16.2. The summed E-state index contributed by atoms with van der Waals surface area (Å²) >= 11 is 0. The number of H-pyrrole nitrogens is 1. The van der Waals surface area contributed by atoms with Gasteiger partial charge in [-0.05, 0) is 63.3 Å². The summed E-state index contributed by atoms with van der Waals surface area (Å²) < 4.78 is 0. The van der Waals surface area contributed by atoms with Crippen LogP contribution < -0.4 is 4.90 Å². The summed E-state index contributed by atoms with van der Waals surface area (Å²) in [5.41, 5.74) is 4.66.